The lowest BCUT2D eigenvalue weighted by atomic mass is 10.1. The minimum Gasteiger partial charge on any atom is -0.544 e. The first-order valence-electron chi connectivity index (χ1n) is 5.81. The minimum atomic E-state index is -1.05. The van der Waals surface area contributed by atoms with Crippen molar-refractivity contribution in [3.63, 3.8) is 0 Å². The second kappa shape index (κ2) is 6.72. The molecule has 0 bridgehead atoms. The summed E-state index contributed by atoms with van der Waals surface area (Å²) < 4.78 is 7.69. The minimum absolute atomic E-state index is 0.313. The van der Waals surface area contributed by atoms with Crippen LogP contribution in [0.5, 0.6) is 5.75 Å². The fraction of sp³-hybridized carbons (Fsp3) is 0.462. The number of ether oxygens (including phenoxy) is 1. The number of rotatable bonds is 6. The van der Waals surface area contributed by atoms with Crippen molar-refractivity contribution < 1.29 is 19.1 Å². The fourth-order valence-electron chi connectivity index (χ4n) is 1.69. The molecule has 1 aromatic rings. The van der Waals surface area contributed by atoms with Crippen LogP contribution in [0.3, 0.4) is 0 Å². The number of halogens is 2. The number of carbonyl (C=O) groups is 1. The number of aliphatic carboxylic acids is 1. The third kappa shape index (κ3) is 5.12. The van der Waals surface area contributed by atoms with Crippen LogP contribution in [0, 0.1) is 0 Å². The zero-order valence-electron chi connectivity index (χ0n) is 11.2. The number of nitrogens with zero attached hydrogens (tertiary/aromatic N) is 1. The van der Waals surface area contributed by atoms with Crippen molar-refractivity contribution in [3.8, 4) is 5.75 Å². The molecule has 0 heterocycles. The van der Waals surface area contributed by atoms with Gasteiger partial charge in [0.05, 0.1) is 38.2 Å². The van der Waals surface area contributed by atoms with Crippen molar-refractivity contribution >= 4 is 37.8 Å². The quantitative estimate of drug-likeness (QED) is 0.691. The topological polar surface area (TPSA) is 49.4 Å². The van der Waals surface area contributed by atoms with Gasteiger partial charge in [-0.3, -0.25) is 0 Å². The molecule has 1 aromatic carbocycles. The molecule has 0 amide bonds. The number of carboxylic acid groups (broad SMARTS) is 1. The Hall–Kier alpha value is -0.590. The maximum atomic E-state index is 11.1. The smallest absolute Gasteiger partial charge is 0.133 e. The average Bonchev–Trinajstić information content (AvgIpc) is 2.24. The molecule has 4 nitrogen and oxygen atoms in total. The van der Waals surface area contributed by atoms with Gasteiger partial charge in [0.2, 0.25) is 0 Å². The first-order chi connectivity index (χ1) is 8.71. The Labute approximate surface area is 130 Å². The number of benzene rings is 1. The molecule has 106 valence electrons. The summed E-state index contributed by atoms with van der Waals surface area (Å²) in [6.45, 7) is 0.328. The first kappa shape index (κ1) is 16.5. The Kier molecular flexibility index (Phi) is 5.82. The monoisotopic (exact) mass is 393 g/mol. The fourth-order valence-corrected chi connectivity index (χ4v) is 2.86. The third-order valence-corrected chi connectivity index (χ3v) is 3.86. The van der Waals surface area contributed by atoms with Crippen molar-refractivity contribution in [1.29, 1.82) is 0 Å². The van der Waals surface area contributed by atoms with E-state index in [2.05, 4.69) is 31.9 Å². The summed E-state index contributed by atoms with van der Waals surface area (Å²) in [5, 5.41) is 11.1. The van der Waals surface area contributed by atoms with Gasteiger partial charge in [0.25, 0.3) is 0 Å². The van der Waals surface area contributed by atoms with Gasteiger partial charge < -0.3 is 19.1 Å². The Morgan fingerprint density at radius 2 is 2.00 bits per heavy atom. The Morgan fingerprint density at radius 3 is 2.47 bits per heavy atom. The van der Waals surface area contributed by atoms with Crippen LogP contribution in [0.15, 0.2) is 27.1 Å². The number of carbonyl (C=O) groups excluding carboxylic acids is 1. The summed E-state index contributed by atoms with van der Waals surface area (Å²) in [5.41, 5.74) is 0. The third-order valence-electron chi connectivity index (χ3n) is 2.75. The lowest BCUT2D eigenvalue weighted by Crippen LogP contribution is -2.55. The number of carboxylic acids is 1. The van der Waals surface area contributed by atoms with Crippen LogP contribution >= 0.6 is 31.9 Å². The summed E-state index contributed by atoms with van der Waals surface area (Å²) in [7, 11) is 5.49. The van der Waals surface area contributed by atoms with Gasteiger partial charge in [-0.1, -0.05) is 15.9 Å². The highest BCUT2D eigenvalue weighted by atomic mass is 79.9. The van der Waals surface area contributed by atoms with Crippen LogP contribution in [-0.4, -0.2) is 44.2 Å². The van der Waals surface area contributed by atoms with Crippen LogP contribution < -0.4 is 9.84 Å². The van der Waals surface area contributed by atoms with Crippen LogP contribution in [-0.2, 0) is 4.79 Å². The zero-order valence-corrected chi connectivity index (χ0v) is 14.3. The molecule has 0 saturated carbocycles. The summed E-state index contributed by atoms with van der Waals surface area (Å²) in [4.78, 5) is 11.1. The second-order valence-electron chi connectivity index (χ2n) is 5.16. The predicted molar refractivity (Wildman–Crippen MR) is 78.8 cm³/mol. The van der Waals surface area contributed by atoms with Crippen molar-refractivity contribution in [2.45, 2.75) is 12.5 Å². The molecule has 0 aliphatic rings. The summed E-state index contributed by atoms with van der Waals surface area (Å²) >= 11 is 6.75. The van der Waals surface area contributed by atoms with E-state index in [0.717, 1.165) is 8.95 Å². The highest BCUT2D eigenvalue weighted by Crippen LogP contribution is 2.28. The standard InChI is InChI=1S/C13H17Br2NO3/c1-16(2,3)11(13(17)18)6-7-19-12-5-4-9(14)8-10(12)15/h4-5,8,11H,6-7H2,1-3H3/t11-/m1/s1. The average molecular weight is 395 g/mol. The Bertz CT molecular complexity index is 458. The SMILES string of the molecule is C[N+](C)(C)[C@H](CCOc1ccc(Br)cc1Br)C(=O)[O-]. The zero-order chi connectivity index (χ0) is 14.6. The van der Waals surface area contributed by atoms with Crippen molar-refractivity contribution in [2.75, 3.05) is 27.7 Å². The van der Waals surface area contributed by atoms with Gasteiger partial charge in [-0.15, -0.1) is 0 Å². The van der Waals surface area contributed by atoms with E-state index in [1.54, 1.807) is 0 Å². The lowest BCUT2D eigenvalue weighted by molar-refractivity contribution is -0.889. The first-order valence-corrected chi connectivity index (χ1v) is 7.40. The van der Waals surface area contributed by atoms with Crippen molar-refractivity contribution in [2.24, 2.45) is 0 Å². The number of hydrogen-bond donors (Lipinski definition) is 0. The Balaban J connectivity index is 2.60. The van der Waals surface area contributed by atoms with Gasteiger partial charge in [0.1, 0.15) is 11.8 Å². The highest BCUT2D eigenvalue weighted by molar-refractivity contribution is 9.11. The van der Waals surface area contributed by atoms with E-state index >= 15 is 0 Å². The molecule has 0 aliphatic heterocycles. The molecule has 1 atom stereocenters. The van der Waals surface area contributed by atoms with E-state index in [-0.39, 0.29) is 0 Å². The van der Waals surface area contributed by atoms with Gasteiger partial charge in [0.15, 0.2) is 0 Å². The molecular formula is C13H17Br2NO3. The highest BCUT2D eigenvalue weighted by Gasteiger charge is 2.24. The van der Waals surface area contributed by atoms with E-state index in [1.807, 2.05) is 39.3 Å². The van der Waals surface area contributed by atoms with E-state index in [4.69, 9.17) is 4.74 Å². The maximum Gasteiger partial charge on any atom is 0.133 e. The molecule has 0 spiro atoms. The predicted octanol–water partition coefficient (Wildman–Crippen LogP) is 1.81. The molecule has 6 heteroatoms. The molecule has 19 heavy (non-hydrogen) atoms. The largest absolute Gasteiger partial charge is 0.544 e. The molecule has 0 aliphatic carbocycles. The molecule has 0 unspecified atom stereocenters. The van der Waals surface area contributed by atoms with Crippen LogP contribution in [0.1, 0.15) is 6.42 Å². The molecule has 0 N–H and O–H groups in total. The van der Waals surface area contributed by atoms with Gasteiger partial charge in [-0.05, 0) is 34.1 Å². The molecule has 0 aromatic heterocycles. The molecule has 0 radical (unpaired) electrons. The summed E-state index contributed by atoms with van der Waals surface area (Å²) in [5.74, 6) is -0.354. The van der Waals surface area contributed by atoms with Crippen LogP contribution in [0.2, 0.25) is 0 Å². The van der Waals surface area contributed by atoms with Crippen molar-refractivity contribution in [1.82, 2.24) is 0 Å². The maximum absolute atomic E-state index is 11.1. The number of hydrogen-bond acceptors (Lipinski definition) is 3. The normalized spacial score (nSPS) is 13.1. The van der Waals surface area contributed by atoms with E-state index < -0.39 is 12.0 Å². The van der Waals surface area contributed by atoms with Gasteiger partial charge in [0, 0.05) is 10.9 Å². The molecule has 0 saturated heterocycles. The van der Waals surface area contributed by atoms with E-state index in [0.29, 0.717) is 23.3 Å². The number of likely N-dealkylation sites (N-methyl/N-ethyl adjacent to an activating group) is 1. The summed E-state index contributed by atoms with van der Waals surface area (Å²) in [6.07, 6.45) is 0.397. The second-order valence-corrected chi connectivity index (χ2v) is 6.93. The van der Waals surface area contributed by atoms with E-state index in [9.17, 15) is 9.90 Å². The van der Waals surface area contributed by atoms with Crippen LogP contribution in [0.25, 0.3) is 0 Å². The van der Waals surface area contributed by atoms with Gasteiger partial charge in [-0.25, -0.2) is 0 Å². The molecular weight excluding hydrogens is 378 g/mol. The molecule has 1 rings (SSSR count). The van der Waals surface area contributed by atoms with Crippen LogP contribution in [0.4, 0.5) is 0 Å². The van der Waals surface area contributed by atoms with Crippen molar-refractivity contribution in [3.05, 3.63) is 27.1 Å². The molecule has 0 fully saturated rings. The summed E-state index contributed by atoms with van der Waals surface area (Å²) in [6, 6.07) is 4.99. The lowest BCUT2D eigenvalue weighted by Gasteiger charge is -2.34. The van der Waals surface area contributed by atoms with Gasteiger partial charge in [-0.2, -0.15) is 0 Å². The van der Waals surface area contributed by atoms with E-state index in [1.165, 1.54) is 0 Å². The Morgan fingerprint density at radius 1 is 1.37 bits per heavy atom. The van der Waals surface area contributed by atoms with Gasteiger partial charge >= 0.3 is 0 Å². The number of quaternary nitrogens is 1.